The molecule has 0 spiro atoms. The van der Waals surface area contributed by atoms with E-state index < -0.39 is 24.4 Å². The topological polar surface area (TPSA) is 101 Å². The lowest BCUT2D eigenvalue weighted by molar-refractivity contribution is -0.138. The van der Waals surface area contributed by atoms with Gasteiger partial charge in [-0.15, -0.1) is 0 Å². The minimum atomic E-state index is -1.16. The zero-order valence-corrected chi connectivity index (χ0v) is 8.82. The van der Waals surface area contributed by atoms with Crippen LogP contribution in [-0.4, -0.2) is 56.6 Å². The van der Waals surface area contributed by atoms with Crippen molar-refractivity contribution in [3.8, 4) is 0 Å². The van der Waals surface area contributed by atoms with Gasteiger partial charge in [-0.2, -0.15) is 0 Å². The summed E-state index contributed by atoms with van der Waals surface area (Å²) < 4.78 is 0. The van der Waals surface area contributed by atoms with Crippen molar-refractivity contribution in [3.63, 3.8) is 0 Å². The van der Waals surface area contributed by atoms with Crippen molar-refractivity contribution in [3.05, 3.63) is 0 Å². The molecule has 1 rings (SSSR count). The van der Waals surface area contributed by atoms with Crippen LogP contribution in [0.1, 0.15) is 19.8 Å². The van der Waals surface area contributed by atoms with Crippen LogP contribution in [0, 0.1) is 11.8 Å². The van der Waals surface area contributed by atoms with Gasteiger partial charge in [-0.25, -0.2) is 0 Å². The predicted octanol–water partition coefficient (Wildman–Crippen LogP) is -1.53. The molecule has 0 radical (unpaired) electrons. The first-order valence-corrected chi connectivity index (χ1v) is 5.30. The molecule has 1 aliphatic carbocycles. The van der Waals surface area contributed by atoms with Crippen LogP contribution in [0.15, 0.2) is 0 Å². The largest absolute Gasteiger partial charge is 0.394 e. The van der Waals surface area contributed by atoms with Crippen LogP contribution in [0.4, 0.5) is 0 Å². The Hall–Kier alpha value is -0.200. The zero-order chi connectivity index (χ0) is 11.6. The van der Waals surface area contributed by atoms with E-state index in [1.54, 1.807) is 6.92 Å². The summed E-state index contributed by atoms with van der Waals surface area (Å²) in [7, 11) is 0. The van der Waals surface area contributed by atoms with Crippen molar-refractivity contribution in [1.82, 2.24) is 0 Å². The fourth-order valence-corrected chi connectivity index (χ4v) is 2.23. The monoisotopic (exact) mass is 220 g/mol. The van der Waals surface area contributed by atoms with E-state index in [9.17, 15) is 20.4 Å². The SMILES string of the molecule is C[C@@H]1C[C@@H](C[C@H](O)CO)[C@@H](O)[C@H](O)[C@@H]1O. The first-order valence-electron chi connectivity index (χ1n) is 5.30. The van der Waals surface area contributed by atoms with Crippen LogP contribution < -0.4 is 0 Å². The molecule has 0 saturated heterocycles. The quantitative estimate of drug-likeness (QED) is 0.397. The molecule has 5 nitrogen and oxygen atoms in total. The highest BCUT2D eigenvalue weighted by atomic mass is 16.4. The molecule has 0 unspecified atom stereocenters. The Bertz CT molecular complexity index is 196. The standard InChI is InChI=1S/C10H20O5/c1-5-2-6(3-7(12)4-11)9(14)10(15)8(5)13/h5-15H,2-4H2,1H3/t5-,6+,7+,8-,9-,10-/m1/s1. The number of aliphatic hydroxyl groups is 5. The second-order valence-corrected chi connectivity index (χ2v) is 4.52. The molecule has 15 heavy (non-hydrogen) atoms. The van der Waals surface area contributed by atoms with E-state index in [-0.39, 0.29) is 24.9 Å². The van der Waals surface area contributed by atoms with E-state index in [2.05, 4.69) is 0 Å². The van der Waals surface area contributed by atoms with Gasteiger partial charge in [-0.05, 0) is 24.7 Å². The van der Waals surface area contributed by atoms with Crippen molar-refractivity contribution in [2.45, 2.75) is 44.2 Å². The average molecular weight is 220 g/mol. The Morgan fingerprint density at radius 1 is 1.13 bits per heavy atom. The first-order chi connectivity index (χ1) is 6.97. The van der Waals surface area contributed by atoms with Crippen molar-refractivity contribution < 1.29 is 25.5 Å². The number of aliphatic hydroxyl groups excluding tert-OH is 5. The second-order valence-electron chi connectivity index (χ2n) is 4.52. The maximum absolute atomic E-state index is 9.67. The van der Waals surface area contributed by atoms with Gasteiger partial charge in [0.1, 0.15) is 6.10 Å². The van der Waals surface area contributed by atoms with E-state index in [1.165, 1.54) is 0 Å². The summed E-state index contributed by atoms with van der Waals surface area (Å²) in [4.78, 5) is 0. The van der Waals surface area contributed by atoms with Gasteiger partial charge < -0.3 is 25.5 Å². The third-order valence-electron chi connectivity index (χ3n) is 3.23. The highest BCUT2D eigenvalue weighted by Gasteiger charge is 2.40. The minimum absolute atomic E-state index is 0.112. The lowest BCUT2D eigenvalue weighted by Crippen LogP contribution is -2.51. The Morgan fingerprint density at radius 2 is 1.73 bits per heavy atom. The maximum Gasteiger partial charge on any atom is 0.106 e. The molecule has 1 aliphatic rings. The van der Waals surface area contributed by atoms with Gasteiger partial charge in [0, 0.05) is 0 Å². The fraction of sp³-hybridized carbons (Fsp3) is 1.00. The maximum atomic E-state index is 9.67. The molecule has 1 saturated carbocycles. The first kappa shape index (κ1) is 12.9. The molecule has 0 bridgehead atoms. The molecule has 5 N–H and O–H groups in total. The molecule has 0 aromatic heterocycles. The fourth-order valence-electron chi connectivity index (χ4n) is 2.23. The van der Waals surface area contributed by atoms with E-state index in [0.717, 1.165) is 0 Å². The van der Waals surface area contributed by atoms with Crippen molar-refractivity contribution >= 4 is 0 Å². The Kier molecular flexibility index (Phi) is 4.48. The third-order valence-corrected chi connectivity index (χ3v) is 3.23. The van der Waals surface area contributed by atoms with E-state index in [0.29, 0.717) is 6.42 Å². The summed E-state index contributed by atoms with van der Waals surface area (Å²) in [6, 6.07) is 0. The van der Waals surface area contributed by atoms with Crippen LogP contribution in [0.3, 0.4) is 0 Å². The predicted molar refractivity (Wildman–Crippen MR) is 53.0 cm³/mol. The highest BCUT2D eigenvalue weighted by molar-refractivity contribution is 4.91. The molecule has 90 valence electrons. The van der Waals surface area contributed by atoms with Crippen LogP contribution in [0.25, 0.3) is 0 Å². The van der Waals surface area contributed by atoms with Gasteiger partial charge in [0.05, 0.1) is 24.9 Å². The summed E-state index contributed by atoms with van der Waals surface area (Å²) in [5.74, 6) is -0.389. The lowest BCUT2D eigenvalue weighted by Gasteiger charge is -2.39. The van der Waals surface area contributed by atoms with Crippen molar-refractivity contribution in [2.24, 2.45) is 11.8 Å². The van der Waals surface area contributed by atoms with E-state index in [1.807, 2.05) is 0 Å². The number of hydrogen-bond donors (Lipinski definition) is 5. The minimum Gasteiger partial charge on any atom is -0.394 e. The van der Waals surface area contributed by atoms with Gasteiger partial charge in [0.2, 0.25) is 0 Å². The summed E-state index contributed by atoms with van der Waals surface area (Å²) in [5, 5.41) is 46.7. The van der Waals surface area contributed by atoms with Crippen LogP contribution in [0.2, 0.25) is 0 Å². The summed E-state index contributed by atoms with van der Waals surface area (Å²) in [5.41, 5.74) is 0. The lowest BCUT2D eigenvalue weighted by atomic mass is 9.74. The van der Waals surface area contributed by atoms with Gasteiger partial charge in [-0.3, -0.25) is 0 Å². The van der Waals surface area contributed by atoms with E-state index in [4.69, 9.17) is 5.11 Å². The molecule has 5 heteroatoms. The van der Waals surface area contributed by atoms with Gasteiger partial charge >= 0.3 is 0 Å². The zero-order valence-electron chi connectivity index (χ0n) is 8.82. The summed E-state index contributed by atoms with van der Waals surface area (Å²) in [6.07, 6.45) is -3.20. The Labute approximate surface area is 89.0 Å². The Balaban J connectivity index is 2.58. The summed E-state index contributed by atoms with van der Waals surface area (Å²) >= 11 is 0. The molecular weight excluding hydrogens is 200 g/mol. The van der Waals surface area contributed by atoms with Crippen LogP contribution in [0.5, 0.6) is 0 Å². The molecule has 0 heterocycles. The molecule has 1 fully saturated rings. The molecule has 0 amide bonds. The smallest absolute Gasteiger partial charge is 0.106 e. The van der Waals surface area contributed by atoms with Gasteiger partial charge in [0.25, 0.3) is 0 Å². The van der Waals surface area contributed by atoms with Crippen molar-refractivity contribution in [2.75, 3.05) is 6.61 Å². The van der Waals surface area contributed by atoms with E-state index >= 15 is 0 Å². The third kappa shape index (κ3) is 2.89. The van der Waals surface area contributed by atoms with Crippen LogP contribution >= 0.6 is 0 Å². The van der Waals surface area contributed by atoms with Gasteiger partial charge in [-0.1, -0.05) is 6.92 Å². The van der Waals surface area contributed by atoms with Crippen LogP contribution in [-0.2, 0) is 0 Å². The van der Waals surface area contributed by atoms with Crippen molar-refractivity contribution in [1.29, 1.82) is 0 Å². The molecule has 6 atom stereocenters. The molecule has 0 aliphatic heterocycles. The van der Waals surface area contributed by atoms with Gasteiger partial charge in [0.15, 0.2) is 0 Å². The molecule has 0 aromatic carbocycles. The normalized spacial score (nSPS) is 44.0. The molecular formula is C10H20O5. The second kappa shape index (κ2) is 5.23. The Morgan fingerprint density at radius 3 is 2.27 bits per heavy atom. The average Bonchev–Trinajstić information content (AvgIpc) is 2.22. The number of rotatable bonds is 3. The highest BCUT2D eigenvalue weighted by Crippen LogP contribution is 2.32. The summed E-state index contributed by atoms with van der Waals surface area (Å²) in [6.45, 7) is 1.44. The number of hydrogen-bond acceptors (Lipinski definition) is 5. The molecule has 0 aromatic rings.